The van der Waals surface area contributed by atoms with Crippen molar-refractivity contribution in [1.29, 1.82) is 0 Å². The molecule has 0 aliphatic carbocycles. The topological polar surface area (TPSA) is 90.1 Å². The molecule has 0 fully saturated rings. The highest BCUT2D eigenvalue weighted by Gasteiger charge is 2.31. The molecule has 1 atom stereocenters. The Morgan fingerprint density at radius 2 is 1.89 bits per heavy atom. The third-order valence-electron chi connectivity index (χ3n) is 6.19. The molecule has 0 unspecified atom stereocenters. The van der Waals surface area contributed by atoms with E-state index in [0.717, 1.165) is 16.3 Å². The van der Waals surface area contributed by atoms with Gasteiger partial charge in [0, 0.05) is 11.3 Å². The maximum Gasteiger partial charge on any atom is 0.338 e. The Morgan fingerprint density at radius 3 is 2.61 bits per heavy atom. The van der Waals surface area contributed by atoms with E-state index in [1.165, 1.54) is 15.9 Å². The highest BCUT2D eigenvalue weighted by atomic mass is 32.1. The zero-order valence-corrected chi connectivity index (χ0v) is 20.8. The summed E-state index contributed by atoms with van der Waals surface area (Å²) < 4.78 is 12.4. The molecule has 182 valence electrons. The summed E-state index contributed by atoms with van der Waals surface area (Å²) in [5, 5.41) is 12.4. The lowest BCUT2D eigenvalue weighted by atomic mass is 9.96. The maximum absolute atomic E-state index is 13.5. The molecule has 5 rings (SSSR count). The normalized spacial score (nSPS) is 15.5. The molecule has 4 aromatic rings. The fourth-order valence-electron chi connectivity index (χ4n) is 4.41. The smallest absolute Gasteiger partial charge is 0.338 e. The molecule has 7 nitrogen and oxygen atoms in total. The number of esters is 1. The van der Waals surface area contributed by atoms with E-state index in [2.05, 4.69) is 0 Å². The van der Waals surface area contributed by atoms with E-state index < -0.39 is 12.0 Å². The van der Waals surface area contributed by atoms with E-state index in [1.807, 2.05) is 54.6 Å². The van der Waals surface area contributed by atoms with Crippen LogP contribution >= 0.6 is 11.3 Å². The van der Waals surface area contributed by atoms with Crippen molar-refractivity contribution in [2.24, 2.45) is 4.99 Å². The Bertz CT molecular complexity index is 1700. The predicted molar refractivity (Wildman–Crippen MR) is 140 cm³/mol. The van der Waals surface area contributed by atoms with Gasteiger partial charge in [-0.2, -0.15) is 0 Å². The van der Waals surface area contributed by atoms with Crippen LogP contribution in [-0.2, 0) is 9.53 Å². The minimum atomic E-state index is -0.633. The number of nitrogens with zero attached hydrogens (tertiary/aromatic N) is 2. The third-order valence-corrected chi connectivity index (χ3v) is 7.18. The SMILES string of the molecule is CCOC(=O)C1=C(C)n2c(s/c(=C\c3c(O)ccc4ccccc34)c2=O)=N[C@H]1c1ccc(OC)cc1. The van der Waals surface area contributed by atoms with Crippen molar-refractivity contribution in [3.8, 4) is 11.5 Å². The van der Waals surface area contributed by atoms with Crippen LogP contribution in [0.4, 0.5) is 0 Å². The van der Waals surface area contributed by atoms with E-state index in [0.29, 0.717) is 31.9 Å². The van der Waals surface area contributed by atoms with Gasteiger partial charge in [-0.3, -0.25) is 9.36 Å². The minimum absolute atomic E-state index is 0.0806. The molecule has 8 heteroatoms. The number of thiazole rings is 1. The van der Waals surface area contributed by atoms with E-state index in [-0.39, 0.29) is 17.9 Å². The van der Waals surface area contributed by atoms with Crippen LogP contribution in [0.3, 0.4) is 0 Å². The van der Waals surface area contributed by atoms with E-state index >= 15 is 0 Å². The summed E-state index contributed by atoms with van der Waals surface area (Å²) in [5.74, 6) is 0.255. The van der Waals surface area contributed by atoms with Crippen molar-refractivity contribution in [1.82, 2.24) is 4.57 Å². The van der Waals surface area contributed by atoms with Gasteiger partial charge in [0.15, 0.2) is 4.80 Å². The first kappa shape index (κ1) is 23.6. The summed E-state index contributed by atoms with van der Waals surface area (Å²) in [6, 6.07) is 17.8. The lowest BCUT2D eigenvalue weighted by molar-refractivity contribution is -0.138. The lowest BCUT2D eigenvalue weighted by Crippen LogP contribution is -2.35. The molecule has 0 spiro atoms. The van der Waals surface area contributed by atoms with Gasteiger partial charge in [0.1, 0.15) is 17.5 Å². The van der Waals surface area contributed by atoms with Crippen molar-refractivity contribution >= 4 is 39.9 Å². The van der Waals surface area contributed by atoms with Crippen LogP contribution in [0.2, 0.25) is 0 Å². The number of ether oxygens (including phenoxy) is 2. The molecule has 1 N–H and O–H groups in total. The molecular weight excluding hydrogens is 476 g/mol. The van der Waals surface area contributed by atoms with Crippen LogP contribution in [0.15, 0.2) is 76.0 Å². The largest absolute Gasteiger partial charge is 0.507 e. The number of aromatic hydroxyl groups is 1. The van der Waals surface area contributed by atoms with Gasteiger partial charge >= 0.3 is 5.97 Å². The molecule has 0 amide bonds. The fourth-order valence-corrected chi connectivity index (χ4v) is 5.43. The molecule has 0 radical (unpaired) electrons. The molecule has 0 saturated heterocycles. The van der Waals surface area contributed by atoms with Gasteiger partial charge in [0.2, 0.25) is 0 Å². The van der Waals surface area contributed by atoms with E-state index in [1.54, 1.807) is 33.1 Å². The second kappa shape index (κ2) is 9.47. The molecule has 1 aromatic heterocycles. The number of phenolic OH excluding ortho intramolecular Hbond substituents is 1. The summed E-state index contributed by atoms with van der Waals surface area (Å²) >= 11 is 1.22. The molecular formula is C28H24N2O5S. The lowest BCUT2D eigenvalue weighted by Gasteiger charge is -2.22. The Balaban J connectivity index is 1.75. The summed E-state index contributed by atoms with van der Waals surface area (Å²) in [6.07, 6.45) is 1.69. The third kappa shape index (κ3) is 3.99. The number of rotatable bonds is 5. The van der Waals surface area contributed by atoms with Crippen molar-refractivity contribution < 1.29 is 19.4 Å². The highest BCUT2D eigenvalue weighted by molar-refractivity contribution is 7.07. The summed E-state index contributed by atoms with van der Waals surface area (Å²) in [5.41, 5.74) is 1.82. The molecule has 0 bridgehead atoms. The summed E-state index contributed by atoms with van der Waals surface area (Å²) in [7, 11) is 1.59. The van der Waals surface area contributed by atoms with E-state index in [4.69, 9.17) is 14.5 Å². The van der Waals surface area contributed by atoms with Crippen molar-refractivity contribution in [2.75, 3.05) is 13.7 Å². The van der Waals surface area contributed by atoms with Crippen LogP contribution in [0.1, 0.15) is 31.0 Å². The monoisotopic (exact) mass is 500 g/mol. The molecule has 1 aliphatic rings. The Labute approximate surface area is 210 Å². The van der Waals surface area contributed by atoms with Gasteiger partial charge in [0.05, 0.1) is 23.8 Å². The number of aromatic nitrogens is 1. The number of fused-ring (bicyclic) bond motifs is 2. The van der Waals surface area contributed by atoms with Gasteiger partial charge < -0.3 is 14.6 Å². The molecule has 36 heavy (non-hydrogen) atoms. The van der Waals surface area contributed by atoms with Crippen LogP contribution in [0.5, 0.6) is 11.5 Å². The summed E-state index contributed by atoms with van der Waals surface area (Å²) in [4.78, 5) is 31.8. The number of hydrogen-bond donors (Lipinski definition) is 1. The first-order valence-electron chi connectivity index (χ1n) is 11.5. The number of phenols is 1. The first-order chi connectivity index (χ1) is 17.4. The second-order valence-electron chi connectivity index (χ2n) is 8.28. The average Bonchev–Trinajstić information content (AvgIpc) is 3.21. The molecule has 2 heterocycles. The minimum Gasteiger partial charge on any atom is -0.507 e. The zero-order valence-electron chi connectivity index (χ0n) is 20.0. The molecule has 3 aromatic carbocycles. The van der Waals surface area contributed by atoms with Gasteiger partial charge in [-0.15, -0.1) is 0 Å². The zero-order chi connectivity index (χ0) is 25.4. The average molecular weight is 501 g/mol. The Kier molecular flexibility index (Phi) is 6.20. The van der Waals surface area contributed by atoms with Crippen LogP contribution in [-0.4, -0.2) is 29.4 Å². The van der Waals surface area contributed by atoms with Crippen LogP contribution < -0.4 is 19.6 Å². The van der Waals surface area contributed by atoms with E-state index in [9.17, 15) is 14.7 Å². The first-order valence-corrected chi connectivity index (χ1v) is 12.3. The fraction of sp³-hybridized carbons (Fsp3) is 0.179. The van der Waals surface area contributed by atoms with Gasteiger partial charge in [-0.05, 0) is 54.5 Å². The van der Waals surface area contributed by atoms with Crippen molar-refractivity contribution in [2.45, 2.75) is 19.9 Å². The Morgan fingerprint density at radius 1 is 1.14 bits per heavy atom. The van der Waals surface area contributed by atoms with Gasteiger partial charge in [-0.1, -0.05) is 53.8 Å². The van der Waals surface area contributed by atoms with Crippen LogP contribution in [0.25, 0.3) is 22.5 Å². The number of carbonyl (C=O) groups is 1. The standard InChI is InChI=1S/C28H24N2O5S/c1-4-35-27(33)24-16(2)30-26(32)23(15-21-20-8-6-5-7-17(20)11-14-22(21)31)36-28(30)29-25(24)18-9-12-19(34-3)13-10-18/h5-15,25,31H,4H2,1-3H3/b23-15-/t25-/m0/s1. The molecule has 0 saturated carbocycles. The number of benzene rings is 3. The van der Waals surface area contributed by atoms with Crippen molar-refractivity contribution in [3.05, 3.63) is 97.1 Å². The number of allylic oxidation sites excluding steroid dienone is 1. The van der Waals surface area contributed by atoms with Crippen LogP contribution in [0, 0.1) is 0 Å². The predicted octanol–water partition coefficient (Wildman–Crippen LogP) is 3.77. The quantitative estimate of drug-likeness (QED) is 0.422. The van der Waals surface area contributed by atoms with Gasteiger partial charge in [-0.25, -0.2) is 9.79 Å². The molecule has 1 aliphatic heterocycles. The summed E-state index contributed by atoms with van der Waals surface area (Å²) in [6.45, 7) is 3.67. The number of hydrogen-bond acceptors (Lipinski definition) is 7. The number of methoxy groups -OCH3 is 1. The highest BCUT2D eigenvalue weighted by Crippen LogP contribution is 2.33. The second-order valence-corrected chi connectivity index (χ2v) is 9.29. The Hall–Kier alpha value is -4.17. The van der Waals surface area contributed by atoms with Crippen molar-refractivity contribution in [3.63, 3.8) is 0 Å². The van der Waals surface area contributed by atoms with Gasteiger partial charge in [0.25, 0.3) is 5.56 Å². The maximum atomic E-state index is 13.5. The number of carbonyl (C=O) groups excluding carboxylic acids is 1.